The Labute approximate surface area is 306 Å². The molecule has 8 aliphatic rings. The van der Waals surface area contributed by atoms with Gasteiger partial charge in [-0.05, 0) is 129 Å². The van der Waals surface area contributed by atoms with Gasteiger partial charge in [-0.25, -0.2) is 0 Å². The minimum Gasteiger partial charge on any atom is -0.462 e. The first-order valence-electron chi connectivity index (χ1n) is 20.6. The lowest BCUT2D eigenvalue weighted by molar-refractivity contribution is -0.216. The molecule has 8 rings (SSSR count). The predicted molar refractivity (Wildman–Crippen MR) is 191 cm³/mol. The zero-order valence-corrected chi connectivity index (χ0v) is 32.6. The first-order valence-corrected chi connectivity index (χ1v) is 20.6. The van der Waals surface area contributed by atoms with Crippen molar-refractivity contribution in [1.82, 2.24) is 0 Å². The molecule has 0 radical (unpaired) electrons. The van der Waals surface area contributed by atoms with Crippen molar-refractivity contribution < 1.29 is 42.9 Å². The summed E-state index contributed by atoms with van der Waals surface area (Å²) in [5.41, 5.74) is -0.253. The largest absolute Gasteiger partial charge is 0.462 e. The number of rotatable bonds is 7. The molecule has 9 nitrogen and oxygen atoms in total. The summed E-state index contributed by atoms with van der Waals surface area (Å²) in [7, 11) is 0. The Morgan fingerprint density at radius 2 is 1.37 bits per heavy atom. The first-order chi connectivity index (χ1) is 24.2. The maximum atomic E-state index is 12.9. The average Bonchev–Trinajstić information content (AvgIpc) is 3.98. The van der Waals surface area contributed by atoms with Crippen LogP contribution in [0.5, 0.6) is 0 Å². The number of fused-ring (bicyclic) bond motifs is 6. The third-order valence-corrected chi connectivity index (χ3v) is 15.8. The lowest BCUT2D eigenvalue weighted by atomic mass is 9.73. The maximum absolute atomic E-state index is 12.9. The van der Waals surface area contributed by atoms with Crippen molar-refractivity contribution in [2.45, 2.75) is 144 Å². The van der Waals surface area contributed by atoms with Gasteiger partial charge in [0.25, 0.3) is 0 Å². The van der Waals surface area contributed by atoms with Crippen LogP contribution in [0.2, 0.25) is 0 Å². The molecule has 0 N–H and O–H groups in total. The molecule has 2 heterocycles. The fourth-order valence-electron chi connectivity index (χ4n) is 12.1. The Morgan fingerprint density at radius 3 is 1.82 bits per heavy atom. The summed E-state index contributed by atoms with van der Waals surface area (Å²) in [6.45, 7) is 18.3. The van der Waals surface area contributed by atoms with Crippen molar-refractivity contribution in [2.24, 2.45) is 82.9 Å². The summed E-state index contributed by atoms with van der Waals surface area (Å²) < 4.78 is 27.7. The number of carbonyl (C=O) groups is 4. The molecule has 0 spiro atoms. The molecular weight excluding hydrogens is 648 g/mol. The van der Waals surface area contributed by atoms with E-state index in [2.05, 4.69) is 39.4 Å². The number of cyclic esters (lactones) is 2. The molecule has 0 amide bonds. The predicted octanol–water partition coefficient (Wildman–Crippen LogP) is 7.77. The lowest BCUT2D eigenvalue weighted by Gasteiger charge is -2.38. The van der Waals surface area contributed by atoms with E-state index in [-0.39, 0.29) is 48.2 Å². The van der Waals surface area contributed by atoms with E-state index < -0.39 is 11.9 Å². The van der Waals surface area contributed by atoms with Crippen molar-refractivity contribution in [1.29, 1.82) is 0 Å². The Morgan fingerprint density at radius 1 is 0.784 bits per heavy atom. The molecule has 0 aromatic rings. The van der Waals surface area contributed by atoms with Crippen LogP contribution in [0.3, 0.4) is 0 Å². The number of ether oxygens (including phenoxy) is 5. The summed E-state index contributed by atoms with van der Waals surface area (Å²) in [5, 5.41) is 0. The highest BCUT2D eigenvalue weighted by Gasteiger charge is 2.55. The van der Waals surface area contributed by atoms with Crippen LogP contribution in [0.15, 0.2) is 0 Å². The molecule has 16 atom stereocenters. The third-order valence-electron chi connectivity index (χ3n) is 15.8. The van der Waals surface area contributed by atoms with Crippen LogP contribution in [0.25, 0.3) is 0 Å². The van der Waals surface area contributed by atoms with Crippen molar-refractivity contribution in [3.05, 3.63) is 0 Å². The second kappa shape index (κ2) is 15.8. The summed E-state index contributed by atoms with van der Waals surface area (Å²) in [6, 6.07) is 0. The van der Waals surface area contributed by atoms with Gasteiger partial charge < -0.3 is 23.7 Å². The summed E-state index contributed by atoms with van der Waals surface area (Å²) in [4.78, 5) is 45.8. The minimum atomic E-state index is -0.396. The van der Waals surface area contributed by atoms with E-state index in [1.165, 1.54) is 45.4 Å². The Hall–Kier alpha value is -2.00. The van der Waals surface area contributed by atoms with Gasteiger partial charge in [0.05, 0.1) is 31.5 Å². The van der Waals surface area contributed by atoms with E-state index >= 15 is 0 Å². The molecule has 6 saturated carbocycles. The van der Waals surface area contributed by atoms with Gasteiger partial charge in [0.15, 0.2) is 6.29 Å². The molecule has 8 fully saturated rings. The van der Waals surface area contributed by atoms with Gasteiger partial charge in [0, 0.05) is 12.8 Å². The quantitative estimate of drug-likeness (QED) is 0.148. The van der Waals surface area contributed by atoms with Crippen LogP contribution in [0.1, 0.15) is 126 Å². The van der Waals surface area contributed by atoms with Gasteiger partial charge in [0.1, 0.15) is 11.7 Å². The van der Waals surface area contributed by atoms with Gasteiger partial charge in [0.2, 0.25) is 0 Å². The van der Waals surface area contributed by atoms with E-state index in [4.69, 9.17) is 18.9 Å². The maximum Gasteiger partial charge on any atom is 0.317 e. The Kier molecular flexibility index (Phi) is 12.0. The van der Waals surface area contributed by atoms with Crippen LogP contribution in [-0.4, -0.2) is 55.1 Å². The fourth-order valence-corrected chi connectivity index (χ4v) is 12.1. The van der Waals surface area contributed by atoms with Crippen molar-refractivity contribution >= 4 is 23.9 Å². The smallest absolute Gasteiger partial charge is 0.317 e. The summed E-state index contributed by atoms with van der Waals surface area (Å²) in [5.74, 6) is 6.86. The number of esters is 4. The standard InChI is InChI=1S/C23H36O4.C13H22O2.C6H8O3/c1-5-23(12-16-6-7-18(23)8-16)27-22(25)11-21(26-15(4)24)20-10-17-9-19(20)14(3)13(17)2;1-8-9(2)11-6-10(8)7-12(11)13-14-4-3-5-15-13;1-3-4(2)6(8)9-5(3)7/h13-14,16-21H,5-12H2,1-4H3;8-13H,3-7H2,1-2H3;3-4H,1-2H3. The van der Waals surface area contributed by atoms with Crippen LogP contribution in [-0.2, 0) is 42.9 Å². The zero-order valence-electron chi connectivity index (χ0n) is 32.6. The summed E-state index contributed by atoms with van der Waals surface area (Å²) >= 11 is 0. The van der Waals surface area contributed by atoms with Gasteiger partial charge in [-0.3, -0.25) is 19.2 Å². The monoisotopic (exact) mass is 714 g/mol. The minimum absolute atomic E-state index is 0.128. The highest BCUT2D eigenvalue weighted by molar-refractivity contribution is 5.95. The molecule has 9 heteroatoms. The molecule has 6 aliphatic carbocycles. The Balaban J connectivity index is 0.000000155. The molecule has 6 bridgehead atoms. The molecule has 16 unspecified atom stereocenters. The van der Waals surface area contributed by atoms with Gasteiger partial charge >= 0.3 is 23.9 Å². The van der Waals surface area contributed by atoms with E-state index in [9.17, 15) is 19.2 Å². The molecule has 0 aromatic heterocycles. The highest BCUT2D eigenvalue weighted by Crippen LogP contribution is 2.58. The Bertz CT molecular complexity index is 1250. The summed E-state index contributed by atoms with van der Waals surface area (Å²) in [6.07, 6.45) is 11.8. The number of hydrogen-bond donors (Lipinski definition) is 0. The number of hydrogen-bond acceptors (Lipinski definition) is 9. The third kappa shape index (κ3) is 7.82. The molecular formula is C42H66O9. The van der Waals surface area contributed by atoms with Gasteiger partial charge in [-0.1, -0.05) is 48.5 Å². The number of carbonyl (C=O) groups excluding carboxylic acids is 4. The van der Waals surface area contributed by atoms with Crippen molar-refractivity contribution in [3.8, 4) is 0 Å². The van der Waals surface area contributed by atoms with E-state index in [1.807, 2.05) is 0 Å². The van der Waals surface area contributed by atoms with E-state index in [0.29, 0.717) is 29.6 Å². The second-order valence-corrected chi connectivity index (χ2v) is 18.2. The van der Waals surface area contributed by atoms with Crippen LogP contribution >= 0.6 is 0 Å². The van der Waals surface area contributed by atoms with E-state index in [0.717, 1.165) is 80.3 Å². The molecule has 2 saturated heterocycles. The normalized spacial score (nSPS) is 45.5. The SMILES string of the molecule is CC1C(=O)OC(=O)C1C.CC1C2CC(C3OCCCO3)C(C2)C1C.CCC1(OC(=O)CC(OC(C)=O)C2CC3CC2C(C)C3C)CC2CCC1C2. The lowest BCUT2D eigenvalue weighted by Crippen LogP contribution is -2.42. The van der Waals surface area contributed by atoms with Crippen molar-refractivity contribution in [2.75, 3.05) is 13.2 Å². The molecule has 51 heavy (non-hydrogen) atoms. The topological polar surface area (TPSA) is 114 Å². The van der Waals surface area contributed by atoms with Gasteiger partial charge in [-0.2, -0.15) is 0 Å². The highest BCUT2D eigenvalue weighted by atomic mass is 16.7. The molecule has 2 aliphatic heterocycles. The first kappa shape index (κ1) is 38.7. The van der Waals surface area contributed by atoms with Crippen molar-refractivity contribution in [3.63, 3.8) is 0 Å². The average molecular weight is 715 g/mol. The second-order valence-electron chi connectivity index (χ2n) is 18.2. The van der Waals surface area contributed by atoms with Crippen LogP contribution in [0, 0.1) is 82.9 Å². The van der Waals surface area contributed by atoms with E-state index in [1.54, 1.807) is 13.8 Å². The molecule has 0 aromatic carbocycles. The zero-order chi connectivity index (χ0) is 36.8. The van der Waals surface area contributed by atoms with Crippen LogP contribution in [0.4, 0.5) is 0 Å². The van der Waals surface area contributed by atoms with Gasteiger partial charge in [-0.15, -0.1) is 0 Å². The van der Waals surface area contributed by atoms with Crippen LogP contribution < -0.4 is 0 Å². The fraction of sp³-hybridized carbons (Fsp3) is 0.905. The molecule has 288 valence electrons.